The van der Waals surface area contributed by atoms with Gasteiger partial charge < -0.3 is 14.8 Å². The molecular formula is C24H20BrClN4O6. The van der Waals surface area contributed by atoms with Crippen molar-refractivity contribution in [1.29, 1.82) is 0 Å². The maximum absolute atomic E-state index is 12.3. The van der Waals surface area contributed by atoms with Gasteiger partial charge >= 0.3 is 0 Å². The third kappa shape index (κ3) is 7.52. The molecule has 0 aliphatic carbocycles. The van der Waals surface area contributed by atoms with Gasteiger partial charge in [-0.15, -0.1) is 0 Å². The number of hydrogen-bond acceptors (Lipinski definition) is 7. The number of hydrogen-bond donors (Lipinski definition) is 2. The number of non-ortho nitro benzene ring substituents is 1. The van der Waals surface area contributed by atoms with Crippen molar-refractivity contribution >= 4 is 56.9 Å². The van der Waals surface area contributed by atoms with Gasteiger partial charge in [0.25, 0.3) is 17.5 Å². The second kappa shape index (κ2) is 12.7. The van der Waals surface area contributed by atoms with E-state index in [1.165, 1.54) is 30.5 Å². The van der Waals surface area contributed by atoms with Crippen molar-refractivity contribution in [1.82, 2.24) is 5.43 Å². The van der Waals surface area contributed by atoms with Crippen LogP contribution in [-0.4, -0.2) is 36.2 Å². The summed E-state index contributed by atoms with van der Waals surface area (Å²) in [4.78, 5) is 34.7. The van der Waals surface area contributed by atoms with E-state index >= 15 is 0 Å². The van der Waals surface area contributed by atoms with E-state index in [-0.39, 0.29) is 23.8 Å². The summed E-state index contributed by atoms with van der Waals surface area (Å²) in [6, 6.07) is 15.1. The second-order valence-corrected chi connectivity index (χ2v) is 8.40. The van der Waals surface area contributed by atoms with E-state index in [1.54, 1.807) is 43.3 Å². The molecule has 10 nitrogen and oxygen atoms in total. The van der Waals surface area contributed by atoms with Crippen molar-refractivity contribution < 1.29 is 24.0 Å². The van der Waals surface area contributed by atoms with E-state index < -0.39 is 10.8 Å². The Morgan fingerprint density at radius 3 is 2.44 bits per heavy atom. The number of anilines is 1. The molecule has 2 N–H and O–H groups in total. The molecule has 3 aromatic carbocycles. The summed E-state index contributed by atoms with van der Waals surface area (Å²) in [6.07, 6.45) is 1.40. The van der Waals surface area contributed by atoms with Gasteiger partial charge in [0.2, 0.25) is 0 Å². The highest BCUT2D eigenvalue weighted by Gasteiger charge is 2.14. The van der Waals surface area contributed by atoms with Gasteiger partial charge in [0, 0.05) is 28.4 Å². The predicted octanol–water partition coefficient (Wildman–Crippen LogP) is 5.19. The van der Waals surface area contributed by atoms with E-state index in [4.69, 9.17) is 21.1 Å². The van der Waals surface area contributed by atoms with Crippen LogP contribution in [0.2, 0.25) is 5.02 Å². The summed E-state index contributed by atoms with van der Waals surface area (Å²) >= 11 is 9.26. The number of benzene rings is 3. The first-order valence-electron chi connectivity index (χ1n) is 10.5. The molecule has 0 heterocycles. The quantitative estimate of drug-likeness (QED) is 0.194. The molecule has 0 radical (unpaired) electrons. The Labute approximate surface area is 219 Å². The maximum atomic E-state index is 12.3. The number of nitrogens with one attached hydrogen (secondary N) is 2. The molecule has 0 aromatic heterocycles. The van der Waals surface area contributed by atoms with E-state index in [9.17, 15) is 19.7 Å². The van der Waals surface area contributed by atoms with Gasteiger partial charge in [0.15, 0.2) is 18.1 Å². The summed E-state index contributed by atoms with van der Waals surface area (Å²) in [5, 5.41) is 17.9. The Hall–Kier alpha value is -3.96. The molecule has 186 valence electrons. The van der Waals surface area contributed by atoms with Crippen LogP contribution in [0.5, 0.6) is 11.5 Å². The number of amides is 2. The van der Waals surface area contributed by atoms with Crippen LogP contribution < -0.4 is 20.2 Å². The van der Waals surface area contributed by atoms with Gasteiger partial charge in [-0.05, 0) is 76.9 Å². The van der Waals surface area contributed by atoms with Gasteiger partial charge in [-0.25, -0.2) is 5.43 Å². The number of nitrogens with zero attached hydrogens (tertiary/aromatic N) is 2. The molecule has 0 bridgehead atoms. The summed E-state index contributed by atoms with van der Waals surface area (Å²) in [6.45, 7) is 1.88. The molecule has 2 amide bonds. The molecule has 0 saturated carbocycles. The molecule has 0 aliphatic rings. The molecule has 0 fully saturated rings. The molecule has 0 saturated heterocycles. The topological polar surface area (TPSA) is 132 Å². The Bertz CT molecular complexity index is 1280. The van der Waals surface area contributed by atoms with Crippen LogP contribution in [0.15, 0.2) is 70.2 Å². The lowest BCUT2D eigenvalue weighted by Gasteiger charge is -2.14. The second-order valence-electron chi connectivity index (χ2n) is 7.11. The zero-order chi connectivity index (χ0) is 26.1. The van der Waals surface area contributed by atoms with Gasteiger partial charge in [-0.1, -0.05) is 11.6 Å². The SMILES string of the molecule is CCOc1cc(/C=N/NC(=O)c2ccc([N+](=O)[O-])cc2)cc(Br)c1OCC(=O)Nc1ccc(Cl)cc1. The number of carbonyl (C=O) groups excluding carboxylic acids is 2. The molecule has 0 aliphatic heterocycles. The Balaban J connectivity index is 1.64. The number of hydrazone groups is 1. The number of nitro benzene ring substituents is 1. The third-order valence-electron chi connectivity index (χ3n) is 4.53. The number of ether oxygens (including phenoxy) is 2. The van der Waals surface area contributed by atoms with Crippen LogP contribution in [0.25, 0.3) is 0 Å². The van der Waals surface area contributed by atoms with Crippen molar-refractivity contribution in [3.63, 3.8) is 0 Å². The van der Waals surface area contributed by atoms with Crippen LogP contribution in [0.3, 0.4) is 0 Å². The van der Waals surface area contributed by atoms with E-state index in [0.29, 0.717) is 38.9 Å². The fraction of sp³-hybridized carbons (Fsp3) is 0.125. The average molecular weight is 576 g/mol. The molecule has 0 spiro atoms. The third-order valence-corrected chi connectivity index (χ3v) is 5.37. The lowest BCUT2D eigenvalue weighted by molar-refractivity contribution is -0.384. The molecular weight excluding hydrogens is 556 g/mol. The van der Waals surface area contributed by atoms with Gasteiger partial charge in [-0.2, -0.15) is 5.10 Å². The van der Waals surface area contributed by atoms with Crippen LogP contribution in [-0.2, 0) is 4.79 Å². The van der Waals surface area contributed by atoms with Crippen LogP contribution >= 0.6 is 27.5 Å². The average Bonchev–Trinajstić information content (AvgIpc) is 2.85. The Morgan fingerprint density at radius 1 is 1.11 bits per heavy atom. The van der Waals surface area contributed by atoms with Crippen LogP contribution in [0.1, 0.15) is 22.8 Å². The summed E-state index contributed by atoms with van der Waals surface area (Å²) in [5.74, 6) is -0.201. The van der Waals surface area contributed by atoms with Crippen LogP contribution in [0, 0.1) is 10.1 Å². The highest BCUT2D eigenvalue weighted by atomic mass is 79.9. The minimum Gasteiger partial charge on any atom is -0.490 e. The smallest absolute Gasteiger partial charge is 0.271 e. The summed E-state index contributed by atoms with van der Waals surface area (Å²) in [5.41, 5.74) is 3.62. The number of halogens is 2. The number of nitro groups is 1. The highest BCUT2D eigenvalue weighted by Crippen LogP contribution is 2.36. The van der Waals surface area contributed by atoms with E-state index in [0.717, 1.165) is 0 Å². The van der Waals surface area contributed by atoms with Crippen molar-refractivity contribution in [3.8, 4) is 11.5 Å². The van der Waals surface area contributed by atoms with Gasteiger partial charge in [0.1, 0.15) is 0 Å². The lowest BCUT2D eigenvalue weighted by Crippen LogP contribution is -2.20. The predicted molar refractivity (Wildman–Crippen MR) is 139 cm³/mol. The van der Waals surface area contributed by atoms with E-state index in [2.05, 4.69) is 31.8 Å². The first-order chi connectivity index (χ1) is 17.3. The zero-order valence-corrected chi connectivity index (χ0v) is 21.2. The van der Waals surface area contributed by atoms with Crippen molar-refractivity contribution in [2.45, 2.75) is 6.92 Å². The molecule has 36 heavy (non-hydrogen) atoms. The Kier molecular flexibility index (Phi) is 9.37. The number of carbonyl (C=O) groups is 2. The zero-order valence-electron chi connectivity index (χ0n) is 18.9. The molecule has 3 aromatic rings. The standard InChI is InChI=1S/C24H20BrClN4O6/c1-2-35-21-12-15(13-27-29-24(32)16-3-9-19(10-4-16)30(33)34)11-20(25)23(21)36-14-22(31)28-18-7-5-17(26)6-8-18/h3-13H,2,14H2,1H3,(H,28,31)(H,29,32)/b27-13+. The van der Waals surface area contributed by atoms with Crippen molar-refractivity contribution in [3.05, 3.63) is 91.4 Å². The minimum absolute atomic E-state index is 0.117. The van der Waals surface area contributed by atoms with Gasteiger partial charge in [-0.3, -0.25) is 19.7 Å². The van der Waals surface area contributed by atoms with Gasteiger partial charge in [0.05, 0.1) is 22.2 Å². The monoisotopic (exact) mass is 574 g/mol. The van der Waals surface area contributed by atoms with Crippen molar-refractivity contribution in [2.75, 3.05) is 18.5 Å². The minimum atomic E-state index is -0.549. The summed E-state index contributed by atoms with van der Waals surface area (Å²) < 4.78 is 11.8. The largest absolute Gasteiger partial charge is 0.490 e. The van der Waals surface area contributed by atoms with E-state index in [1.807, 2.05) is 0 Å². The van der Waals surface area contributed by atoms with Crippen LogP contribution in [0.4, 0.5) is 11.4 Å². The maximum Gasteiger partial charge on any atom is 0.271 e. The molecule has 0 atom stereocenters. The molecule has 12 heteroatoms. The number of rotatable bonds is 10. The Morgan fingerprint density at radius 2 is 1.81 bits per heavy atom. The first-order valence-corrected chi connectivity index (χ1v) is 11.7. The fourth-order valence-electron chi connectivity index (χ4n) is 2.90. The lowest BCUT2D eigenvalue weighted by atomic mass is 10.2. The molecule has 3 rings (SSSR count). The summed E-state index contributed by atoms with van der Waals surface area (Å²) in [7, 11) is 0. The van der Waals surface area contributed by atoms with Crippen molar-refractivity contribution in [2.24, 2.45) is 5.10 Å². The first kappa shape index (κ1) is 26.6. The normalized spacial score (nSPS) is 10.6. The fourth-order valence-corrected chi connectivity index (χ4v) is 3.60. The molecule has 0 unspecified atom stereocenters. The highest BCUT2D eigenvalue weighted by molar-refractivity contribution is 9.10.